The van der Waals surface area contributed by atoms with Crippen LogP contribution in [0.1, 0.15) is 32.8 Å². The van der Waals surface area contributed by atoms with Gasteiger partial charge in [0.15, 0.2) is 0 Å². The first-order chi connectivity index (χ1) is 12.4. The van der Waals surface area contributed by atoms with Crippen LogP contribution in [-0.4, -0.2) is 37.9 Å². The number of tetrazole rings is 1. The van der Waals surface area contributed by atoms with E-state index in [0.717, 1.165) is 11.3 Å². The molecule has 1 unspecified atom stereocenters. The fourth-order valence-corrected chi connectivity index (χ4v) is 3.28. The van der Waals surface area contributed by atoms with E-state index in [1.165, 1.54) is 11.8 Å². The molecule has 1 atom stereocenters. The molecule has 1 aromatic heterocycles. The van der Waals surface area contributed by atoms with Crippen molar-refractivity contribution >= 4 is 23.4 Å². The molecule has 1 heterocycles. The molecule has 0 N–H and O–H groups in total. The van der Waals surface area contributed by atoms with Crippen molar-refractivity contribution in [2.24, 2.45) is 5.92 Å². The van der Waals surface area contributed by atoms with Crippen molar-refractivity contribution < 1.29 is 4.79 Å². The number of anilines is 1. The molecular weight excluding hydrogens is 348 g/mol. The molecule has 0 radical (unpaired) electrons. The summed E-state index contributed by atoms with van der Waals surface area (Å²) in [4.78, 5) is 14.7. The molecule has 26 heavy (non-hydrogen) atoms. The van der Waals surface area contributed by atoms with E-state index in [0.29, 0.717) is 24.2 Å². The summed E-state index contributed by atoms with van der Waals surface area (Å²) in [6, 6.07) is 9.85. The highest BCUT2D eigenvalue weighted by atomic mass is 32.2. The molecule has 0 saturated carbocycles. The number of thioether (sulfide) groups is 1. The fraction of sp³-hybridized carbons (Fsp3) is 0.500. The minimum atomic E-state index is -0.369. The molecule has 8 heteroatoms. The average Bonchev–Trinajstić information content (AvgIpc) is 3.02. The second-order valence-electron chi connectivity index (χ2n) is 6.53. The van der Waals surface area contributed by atoms with E-state index in [1.54, 1.807) is 9.58 Å². The summed E-state index contributed by atoms with van der Waals surface area (Å²) < 4.78 is 1.73. The Hall–Kier alpha value is -2.40. The highest BCUT2D eigenvalue weighted by Crippen LogP contribution is 2.25. The molecule has 0 bridgehead atoms. The highest BCUT2D eigenvalue weighted by molar-refractivity contribution is 8.00. The van der Waals surface area contributed by atoms with Crippen LogP contribution in [0.3, 0.4) is 0 Å². The Labute approximate surface area is 158 Å². The second kappa shape index (κ2) is 9.34. The molecule has 0 spiro atoms. The number of nitriles is 1. The van der Waals surface area contributed by atoms with Gasteiger partial charge in [0.25, 0.3) is 0 Å². The monoisotopic (exact) mass is 372 g/mol. The molecule has 1 aromatic carbocycles. The number of benzene rings is 1. The van der Waals surface area contributed by atoms with Crippen LogP contribution in [0.15, 0.2) is 29.4 Å². The van der Waals surface area contributed by atoms with Crippen LogP contribution in [-0.2, 0) is 11.3 Å². The summed E-state index contributed by atoms with van der Waals surface area (Å²) in [6.07, 6.45) is 0.280. The minimum absolute atomic E-state index is 0.0619. The molecule has 7 nitrogen and oxygen atoms in total. The second-order valence-corrected chi connectivity index (χ2v) is 7.84. The van der Waals surface area contributed by atoms with Crippen LogP contribution < -0.4 is 4.90 Å². The van der Waals surface area contributed by atoms with Crippen molar-refractivity contribution in [2.45, 2.75) is 51.1 Å². The summed E-state index contributed by atoms with van der Waals surface area (Å²) in [7, 11) is 0. The van der Waals surface area contributed by atoms with E-state index in [9.17, 15) is 4.79 Å². The molecule has 0 aliphatic rings. The minimum Gasteiger partial charge on any atom is -0.310 e. The van der Waals surface area contributed by atoms with Crippen LogP contribution in [0.25, 0.3) is 0 Å². The van der Waals surface area contributed by atoms with Gasteiger partial charge in [-0.15, -0.1) is 5.10 Å². The number of carbonyl (C=O) groups excluding carboxylic acids is 1. The predicted molar refractivity (Wildman–Crippen MR) is 102 cm³/mol. The molecule has 1 amide bonds. The number of rotatable bonds is 8. The first-order valence-corrected chi connectivity index (χ1v) is 9.48. The van der Waals surface area contributed by atoms with Gasteiger partial charge < -0.3 is 4.90 Å². The van der Waals surface area contributed by atoms with Crippen molar-refractivity contribution in [2.75, 3.05) is 11.4 Å². The third-order valence-electron chi connectivity index (χ3n) is 3.73. The summed E-state index contributed by atoms with van der Waals surface area (Å²) in [5.74, 6) is 0.344. The van der Waals surface area contributed by atoms with Gasteiger partial charge in [-0.05, 0) is 42.3 Å². The molecular formula is C18H24N6OS. The Morgan fingerprint density at radius 3 is 2.62 bits per heavy atom. The van der Waals surface area contributed by atoms with Crippen LogP contribution in [0.4, 0.5) is 5.69 Å². The fourth-order valence-electron chi connectivity index (χ4n) is 2.42. The van der Waals surface area contributed by atoms with Crippen molar-refractivity contribution in [1.82, 2.24) is 20.2 Å². The smallest absolute Gasteiger partial charge is 0.240 e. The topological polar surface area (TPSA) is 87.7 Å². The maximum absolute atomic E-state index is 13.0. The lowest BCUT2D eigenvalue weighted by atomic mass is 10.2. The third-order valence-corrected chi connectivity index (χ3v) is 4.78. The summed E-state index contributed by atoms with van der Waals surface area (Å²) in [5.41, 5.74) is 1.92. The molecule has 0 aliphatic carbocycles. The SMILES string of the molecule is Cc1ccc(N(CCC#N)C(=O)C(C)Sc2nnnn2CC(C)C)cc1. The van der Waals surface area contributed by atoms with Crippen molar-refractivity contribution in [1.29, 1.82) is 5.26 Å². The lowest BCUT2D eigenvalue weighted by Crippen LogP contribution is -2.37. The maximum atomic E-state index is 13.0. The van der Waals surface area contributed by atoms with Gasteiger partial charge in [-0.3, -0.25) is 4.79 Å². The number of hydrogen-bond acceptors (Lipinski definition) is 6. The summed E-state index contributed by atoms with van der Waals surface area (Å²) in [6.45, 7) is 9.08. The number of nitrogens with zero attached hydrogens (tertiary/aromatic N) is 6. The highest BCUT2D eigenvalue weighted by Gasteiger charge is 2.25. The summed E-state index contributed by atoms with van der Waals surface area (Å²) >= 11 is 1.34. The number of hydrogen-bond donors (Lipinski definition) is 0. The molecule has 2 aromatic rings. The lowest BCUT2D eigenvalue weighted by molar-refractivity contribution is -0.117. The van der Waals surface area contributed by atoms with Gasteiger partial charge in [0.1, 0.15) is 0 Å². The Morgan fingerprint density at radius 2 is 2.00 bits per heavy atom. The first-order valence-electron chi connectivity index (χ1n) is 8.60. The van der Waals surface area contributed by atoms with Crippen LogP contribution >= 0.6 is 11.8 Å². The molecule has 0 saturated heterocycles. The lowest BCUT2D eigenvalue weighted by Gasteiger charge is -2.25. The van der Waals surface area contributed by atoms with Gasteiger partial charge in [0.05, 0.1) is 17.7 Å². The number of carbonyl (C=O) groups is 1. The molecule has 0 aliphatic heterocycles. The zero-order chi connectivity index (χ0) is 19.1. The van der Waals surface area contributed by atoms with Crippen LogP contribution in [0.5, 0.6) is 0 Å². The first kappa shape index (κ1) is 19.9. The Balaban J connectivity index is 2.15. The number of aromatic nitrogens is 4. The average molecular weight is 372 g/mol. The zero-order valence-corrected chi connectivity index (χ0v) is 16.4. The van der Waals surface area contributed by atoms with Gasteiger partial charge in [0.2, 0.25) is 11.1 Å². The van der Waals surface area contributed by atoms with Gasteiger partial charge in [0, 0.05) is 18.8 Å². The van der Waals surface area contributed by atoms with E-state index in [1.807, 2.05) is 38.1 Å². The Morgan fingerprint density at radius 1 is 1.31 bits per heavy atom. The predicted octanol–water partition coefficient (Wildman–Crippen LogP) is 3.07. The van der Waals surface area contributed by atoms with E-state index >= 15 is 0 Å². The Kier molecular flexibility index (Phi) is 7.16. The maximum Gasteiger partial charge on any atom is 0.240 e. The van der Waals surface area contributed by atoms with Gasteiger partial charge in [-0.1, -0.05) is 43.3 Å². The molecule has 138 valence electrons. The quantitative estimate of drug-likeness (QED) is 0.662. The van der Waals surface area contributed by atoms with Crippen molar-refractivity contribution in [3.05, 3.63) is 29.8 Å². The molecule has 0 fully saturated rings. The van der Waals surface area contributed by atoms with Crippen molar-refractivity contribution in [3.63, 3.8) is 0 Å². The Bertz CT molecular complexity index is 765. The molecule has 2 rings (SSSR count). The third kappa shape index (κ3) is 5.30. The summed E-state index contributed by atoms with van der Waals surface area (Å²) in [5, 5.41) is 21.0. The van der Waals surface area contributed by atoms with Gasteiger partial charge >= 0.3 is 0 Å². The van der Waals surface area contributed by atoms with Crippen LogP contribution in [0, 0.1) is 24.2 Å². The largest absolute Gasteiger partial charge is 0.310 e. The van der Waals surface area contributed by atoms with Gasteiger partial charge in [-0.25, -0.2) is 4.68 Å². The van der Waals surface area contributed by atoms with E-state index in [-0.39, 0.29) is 17.6 Å². The van der Waals surface area contributed by atoms with Crippen LogP contribution in [0.2, 0.25) is 0 Å². The zero-order valence-electron chi connectivity index (χ0n) is 15.6. The number of aryl methyl sites for hydroxylation is 1. The normalized spacial score (nSPS) is 12.0. The number of amides is 1. The van der Waals surface area contributed by atoms with Crippen molar-refractivity contribution in [3.8, 4) is 6.07 Å². The standard InChI is InChI=1S/C18H24N6OS/c1-13(2)12-24-18(20-21-22-24)26-15(4)17(25)23(11-5-10-19)16-8-6-14(3)7-9-16/h6-9,13,15H,5,11-12H2,1-4H3. The van der Waals surface area contributed by atoms with E-state index in [4.69, 9.17) is 5.26 Å². The van der Waals surface area contributed by atoms with E-state index < -0.39 is 0 Å². The van der Waals surface area contributed by atoms with E-state index in [2.05, 4.69) is 35.4 Å². The van der Waals surface area contributed by atoms with Gasteiger partial charge in [-0.2, -0.15) is 5.26 Å².